The molecule has 1 saturated heterocycles. The molecule has 1 aliphatic heterocycles. The van der Waals surface area contributed by atoms with Crippen molar-refractivity contribution in [2.75, 3.05) is 6.54 Å². The standard InChI is InChI=1S/C19H21FN2O3S/c1-13(2)21-19(23)15-4-3-5-17(12-15)26(24,25)22-11-10-18(22)14-6-8-16(20)9-7-14/h3-9,12-13,18H,10-11H2,1-2H3,(H,21,23)/t18-/m0/s1. The largest absolute Gasteiger partial charge is 0.350 e. The molecule has 2 aromatic rings. The van der Waals surface area contributed by atoms with Crippen LogP contribution in [0.15, 0.2) is 53.4 Å². The highest BCUT2D eigenvalue weighted by atomic mass is 32.2. The average molecular weight is 376 g/mol. The minimum absolute atomic E-state index is 0.0407. The summed E-state index contributed by atoms with van der Waals surface area (Å²) in [6, 6.07) is 11.6. The highest BCUT2D eigenvalue weighted by Gasteiger charge is 2.39. The monoisotopic (exact) mass is 376 g/mol. The molecule has 0 aromatic heterocycles. The molecule has 1 fully saturated rings. The fraction of sp³-hybridized carbons (Fsp3) is 0.316. The van der Waals surface area contributed by atoms with Gasteiger partial charge in [-0.1, -0.05) is 18.2 Å². The lowest BCUT2D eigenvalue weighted by Gasteiger charge is -2.40. The molecule has 138 valence electrons. The number of rotatable bonds is 5. The number of hydrogen-bond acceptors (Lipinski definition) is 3. The number of carbonyl (C=O) groups excluding carboxylic acids is 1. The molecule has 0 bridgehead atoms. The van der Waals surface area contributed by atoms with E-state index in [-0.39, 0.29) is 28.7 Å². The Bertz CT molecular complexity index is 911. The zero-order chi connectivity index (χ0) is 18.9. The van der Waals surface area contributed by atoms with Crippen LogP contribution in [0.3, 0.4) is 0 Å². The second-order valence-corrected chi connectivity index (χ2v) is 8.52. The Kier molecular flexibility index (Phi) is 5.11. The number of benzene rings is 2. The van der Waals surface area contributed by atoms with Crippen LogP contribution in [0, 0.1) is 5.82 Å². The predicted molar refractivity (Wildman–Crippen MR) is 96.7 cm³/mol. The Morgan fingerprint density at radius 2 is 1.88 bits per heavy atom. The van der Waals surface area contributed by atoms with Crippen molar-refractivity contribution in [2.24, 2.45) is 0 Å². The number of amides is 1. The lowest BCUT2D eigenvalue weighted by molar-refractivity contribution is 0.0943. The van der Waals surface area contributed by atoms with Crippen LogP contribution in [0.1, 0.15) is 42.2 Å². The fourth-order valence-corrected chi connectivity index (χ4v) is 4.65. The summed E-state index contributed by atoms with van der Waals surface area (Å²) >= 11 is 0. The van der Waals surface area contributed by atoms with E-state index in [0.717, 1.165) is 5.56 Å². The van der Waals surface area contributed by atoms with Crippen molar-refractivity contribution < 1.29 is 17.6 Å². The Labute approximate surface area is 152 Å². The number of sulfonamides is 1. The molecule has 5 nitrogen and oxygen atoms in total. The molecule has 1 heterocycles. The number of halogens is 1. The van der Waals surface area contributed by atoms with Gasteiger partial charge in [-0.15, -0.1) is 0 Å². The maximum atomic E-state index is 13.1. The quantitative estimate of drug-likeness (QED) is 0.872. The van der Waals surface area contributed by atoms with Gasteiger partial charge in [0.25, 0.3) is 5.91 Å². The van der Waals surface area contributed by atoms with Crippen LogP contribution in [-0.4, -0.2) is 31.2 Å². The van der Waals surface area contributed by atoms with Gasteiger partial charge < -0.3 is 5.32 Å². The molecule has 0 saturated carbocycles. The maximum Gasteiger partial charge on any atom is 0.251 e. The van der Waals surface area contributed by atoms with Crippen LogP contribution in [0.2, 0.25) is 0 Å². The first-order valence-corrected chi connectivity index (χ1v) is 9.91. The lowest BCUT2D eigenvalue weighted by Crippen LogP contribution is -2.45. The van der Waals surface area contributed by atoms with Crippen molar-refractivity contribution in [3.8, 4) is 0 Å². The van der Waals surface area contributed by atoms with Crippen LogP contribution in [0.25, 0.3) is 0 Å². The average Bonchev–Trinajstić information content (AvgIpc) is 2.55. The summed E-state index contributed by atoms with van der Waals surface area (Å²) < 4.78 is 40.5. The van der Waals surface area contributed by atoms with Crippen molar-refractivity contribution in [1.29, 1.82) is 0 Å². The van der Waals surface area contributed by atoms with Crippen LogP contribution in [-0.2, 0) is 10.0 Å². The van der Waals surface area contributed by atoms with Gasteiger partial charge >= 0.3 is 0 Å². The molecule has 0 radical (unpaired) electrons. The first kappa shape index (κ1) is 18.5. The summed E-state index contributed by atoms with van der Waals surface area (Å²) in [4.78, 5) is 12.2. The molecule has 0 aliphatic carbocycles. The minimum atomic E-state index is -3.73. The van der Waals surface area contributed by atoms with Gasteiger partial charge in [-0.25, -0.2) is 12.8 Å². The van der Waals surface area contributed by atoms with E-state index in [0.29, 0.717) is 18.5 Å². The van der Waals surface area contributed by atoms with E-state index < -0.39 is 10.0 Å². The Morgan fingerprint density at radius 3 is 2.46 bits per heavy atom. The van der Waals surface area contributed by atoms with E-state index in [4.69, 9.17) is 0 Å². The van der Waals surface area contributed by atoms with Gasteiger partial charge in [0.1, 0.15) is 5.82 Å². The molecular weight excluding hydrogens is 355 g/mol. The summed E-state index contributed by atoms with van der Waals surface area (Å²) in [5.74, 6) is -0.665. The second kappa shape index (κ2) is 7.17. The molecule has 7 heteroatoms. The van der Waals surface area contributed by atoms with E-state index >= 15 is 0 Å². The summed E-state index contributed by atoms with van der Waals surface area (Å²) in [7, 11) is -3.73. The third-order valence-corrected chi connectivity index (χ3v) is 6.25. The third-order valence-electron chi connectivity index (χ3n) is 4.35. The Morgan fingerprint density at radius 1 is 1.19 bits per heavy atom. The molecule has 26 heavy (non-hydrogen) atoms. The van der Waals surface area contributed by atoms with Gasteiger partial charge in [0.2, 0.25) is 10.0 Å². The number of hydrogen-bond donors (Lipinski definition) is 1. The topological polar surface area (TPSA) is 66.5 Å². The van der Waals surface area contributed by atoms with Crippen molar-refractivity contribution in [3.05, 3.63) is 65.5 Å². The zero-order valence-corrected chi connectivity index (χ0v) is 15.5. The third kappa shape index (κ3) is 3.64. The lowest BCUT2D eigenvalue weighted by atomic mass is 9.98. The normalized spacial score (nSPS) is 17.8. The van der Waals surface area contributed by atoms with Crippen molar-refractivity contribution in [2.45, 2.75) is 37.2 Å². The molecule has 0 unspecified atom stereocenters. The second-order valence-electron chi connectivity index (χ2n) is 6.63. The summed E-state index contributed by atoms with van der Waals surface area (Å²) in [6.07, 6.45) is 0.679. The van der Waals surface area contributed by atoms with Crippen LogP contribution in [0.5, 0.6) is 0 Å². The predicted octanol–water partition coefficient (Wildman–Crippen LogP) is 3.10. The summed E-state index contributed by atoms with van der Waals surface area (Å²) in [5.41, 5.74) is 1.06. The molecule has 2 aromatic carbocycles. The first-order chi connectivity index (χ1) is 12.3. The number of nitrogens with one attached hydrogen (secondary N) is 1. The zero-order valence-electron chi connectivity index (χ0n) is 14.6. The molecular formula is C19H21FN2O3S. The van der Waals surface area contributed by atoms with E-state index in [1.54, 1.807) is 24.3 Å². The summed E-state index contributed by atoms with van der Waals surface area (Å²) in [5, 5.41) is 2.75. The molecule has 3 rings (SSSR count). The first-order valence-electron chi connectivity index (χ1n) is 8.47. The van der Waals surface area contributed by atoms with Crippen LogP contribution >= 0.6 is 0 Å². The number of nitrogens with zero attached hydrogens (tertiary/aromatic N) is 1. The molecule has 1 N–H and O–H groups in total. The van der Waals surface area contributed by atoms with Gasteiger partial charge in [0.15, 0.2) is 0 Å². The van der Waals surface area contributed by atoms with E-state index in [9.17, 15) is 17.6 Å². The van der Waals surface area contributed by atoms with Crippen LogP contribution < -0.4 is 5.32 Å². The van der Waals surface area contributed by atoms with E-state index in [1.807, 2.05) is 13.8 Å². The molecule has 1 amide bonds. The smallest absolute Gasteiger partial charge is 0.251 e. The van der Waals surface area contributed by atoms with Gasteiger partial charge in [-0.3, -0.25) is 4.79 Å². The summed E-state index contributed by atoms with van der Waals surface area (Å²) in [6.45, 7) is 4.07. The van der Waals surface area contributed by atoms with Crippen molar-refractivity contribution in [3.63, 3.8) is 0 Å². The van der Waals surface area contributed by atoms with Gasteiger partial charge in [-0.2, -0.15) is 4.31 Å². The SMILES string of the molecule is CC(C)NC(=O)c1cccc(S(=O)(=O)N2CC[C@H]2c2ccc(F)cc2)c1. The number of carbonyl (C=O) groups is 1. The molecule has 1 aliphatic rings. The highest BCUT2D eigenvalue weighted by molar-refractivity contribution is 7.89. The van der Waals surface area contributed by atoms with Gasteiger partial charge in [-0.05, 0) is 56.2 Å². The fourth-order valence-electron chi connectivity index (χ4n) is 2.95. The van der Waals surface area contributed by atoms with E-state index in [1.165, 1.54) is 28.6 Å². The Balaban J connectivity index is 1.86. The van der Waals surface area contributed by atoms with Gasteiger partial charge in [0, 0.05) is 18.2 Å². The maximum absolute atomic E-state index is 13.1. The molecule has 1 atom stereocenters. The minimum Gasteiger partial charge on any atom is -0.350 e. The Hall–Kier alpha value is -2.25. The van der Waals surface area contributed by atoms with Crippen molar-refractivity contribution in [1.82, 2.24) is 9.62 Å². The molecule has 0 spiro atoms. The van der Waals surface area contributed by atoms with Crippen molar-refractivity contribution >= 4 is 15.9 Å². The highest BCUT2D eigenvalue weighted by Crippen LogP contribution is 2.38. The van der Waals surface area contributed by atoms with Crippen LogP contribution in [0.4, 0.5) is 4.39 Å². The van der Waals surface area contributed by atoms with Gasteiger partial charge in [0.05, 0.1) is 10.9 Å². The van der Waals surface area contributed by atoms with E-state index in [2.05, 4.69) is 5.32 Å².